The Bertz CT molecular complexity index is 498. The van der Waals surface area contributed by atoms with Crippen molar-refractivity contribution in [1.29, 1.82) is 0 Å². The van der Waals surface area contributed by atoms with Gasteiger partial charge in [0.2, 0.25) is 0 Å². The van der Waals surface area contributed by atoms with Crippen LogP contribution in [0, 0.1) is 6.92 Å². The first-order valence-electron chi connectivity index (χ1n) is 7.59. The summed E-state index contributed by atoms with van der Waals surface area (Å²) in [6.45, 7) is 10.1. The number of halogens is 1. The van der Waals surface area contributed by atoms with Crippen LogP contribution >= 0.6 is 15.9 Å². The lowest BCUT2D eigenvalue weighted by atomic mass is 10.1. The van der Waals surface area contributed by atoms with Crippen LogP contribution in [0.25, 0.3) is 0 Å². The molecule has 1 rings (SSSR count). The van der Waals surface area contributed by atoms with E-state index in [0.717, 1.165) is 24.0 Å². The molecule has 0 aromatic heterocycles. The van der Waals surface area contributed by atoms with Crippen molar-refractivity contribution < 1.29 is 9.53 Å². The number of hydrogen-bond donors (Lipinski definition) is 1. The van der Waals surface area contributed by atoms with Gasteiger partial charge in [0.15, 0.2) is 0 Å². The number of aryl methyl sites for hydroxylation is 1. The largest absolute Gasteiger partial charge is 0.444 e. The summed E-state index contributed by atoms with van der Waals surface area (Å²) in [4.78, 5) is 13.4. The zero-order chi connectivity index (χ0) is 16.8. The fraction of sp³-hybridized carbons (Fsp3) is 0.588. The van der Waals surface area contributed by atoms with Gasteiger partial charge in [-0.1, -0.05) is 28.1 Å². The first kappa shape index (κ1) is 19.0. The Hall–Kier alpha value is -1.07. The minimum Gasteiger partial charge on any atom is -0.444 e. The van der Waals surface area contributed by atoms with E-state index in [-0.39, 0.29) is 6.09 Å². The second-order valence-corrected chi connectivity index (χ2v) is 7.37. The van der Waals surface area contributed by atoms with Gasteiger partial charge in [-0.2, -0.15) is 0 Å². The second kappa shape index (κ2) is 8.53. The molecule has 1 amide bonds. The highest BCUT2D eigenvalue weighted by atomic mass is 79.9. The van der Waals surface area contributed by atoms with Crippen LogP contribution in [0.2, 0.25) is 0 Å². The molecule has 5 heteroatoms. The number of benzene rings is 1. The summed E-state index contributed by atoms with van der Waals surface area (Å²) in [5, 5.41) is 3.40. The fourth-order valence-corrected chi connectivity index (χ4v) is 2.17. The summed E-state index contributed by atoms with van der Waals surface area (Å²) in [5.74, 6) is 0. The molecule has 0 aliphatic rings. The maximum atomic E-state index is 11.8. The van der Waals surface area contributed by atoms with Crippen LogP contribution in [0.15, 0.2) is 22.7 Å². The molecule has 0 heterocycles. The molecule has 1 aromatic rings. The molecule has 0 unspecified atom stereocenters. The van der Waals surface area contributed by atoms with Crippen LogP contribution in [0.5, 0.6) is 0 Å². The number of nitrogens with zero attached hydrogens (tertiary/aromatic N) is 1. The number of ether oxygens (including phenoxy) is 1. The van der Waals surface area contributed by atoms with Gasteiger partial charge in [-0.3, -0.25) is 0 Å². The quantitative estimate of drug-likeness (QED) is 0.766. The van der Waals surface area contributed by atoms with E-state index in [9.17, 15) is 4.79 Å². The number of nitrogens with one attached hydrogen (secondary N) is 1. The van der Waals surface area contributed by atoms with E-state index in [4.69, 9.17) is 4.74 Å². The van der Waals surface area contributed by atoms with Crippen molar-refractivity contribution in [3.63, 3.8) is 0 Å². The summed E-state index contributed by atoms with van der Waals surface area (Å²) >= 11 is 3.50. The maximum absolute atomic E-state index is 11.8. The van der Waals surface area contributed by atoms with Crippen molar-refractivity contribution in [1.82, 2.24) is 10.2 Å². The molecule has 0 aliphatic heterocycles. The van der Waals surface area contributed by atoms with Gasteiger partial charge < -0.3 is 15.0 Å². The van der Waals surface area contributed by atoms with Gasteiger partial charge in [0.25, 0.3) is 0 Å². The van der Waals surface area contributed by atoms with E-state index < -0.39 is 5.60 Å². The molecule has 0 radical (unpaired) electrons. The van der Waals surface area contributed by atoms with Crippen molar-refractivity contribution >= 4 is 22.0 Å². The highest BCUT2D eigenvalue weighted by Gasteiger charge is 2.18. The van der Waals surface area contributed by atoms with E-state index in [1.165, 1.54) is 11.1 Å². The van der Waals surface area contributed by atoms with Crippen LogP contribution in [0.4, 0.5) is 4.79 Å². The topological polar surface area (TPSA) is 41.6 Å². The smallest absolute Gasteiger partial charge is 0.410 e. The molecule has 1 N–H and O–H groups in total. The zero-order valence-electron chi connectivity index (χ0n) is 14.2. The number of carbonyl (C=O) groups is 1. The molecule has 0 fully saturated rings. The van der Waals surface area contributed by atoms with Gasteiger partial charge >= 0.3 is 6.09 Å². The summed E-state index contributed by atoms with van der Waals surface area (Å²) in [6.07, 6.45) is 0.627. The normalized spacial score (nSPS) is 11.4. The average molecular weight is 371 g/mol. The van der Waals surface area contributed by atoms with Crippen molar-refractivity contribution in [3.8, 4) is 0 Å². The summed E-state index contributed by atoms with van der Waals surface area (Å²) in [6, 6.07) is 6.35. The van der Waals surface area contributed by atoms with Crippen molar-refractivity contribution in [2.75, 3.05) is 20.1 Å². The lowest BCUT2D eigenvalue weighted by molar-refractivity contribution is 0.0297. The molecule has 0 spiro atoms. The minimum atomic E-state index is -0.441. The molecule has 0 saturated heterocycles. The first-order valence-corrected chi connectivity index (χ1v) is 8.38. The van der Waals surface area contributed by atoms with Crippen LogP contribution in [-0.4, -0.2) is 36.7 Å². The maximum Gasteiger partial charge on any atom is 0.410 e. The van der Waals surface area contributed by atoms with Gasteiger partial charge in [0.1, 0.15) is 5.60 Å². The van der Waals surface area contributed by atoms with E-state index in [1.54, 1.807) is 11.9 Å². The Balaban J connectivity index is 2.22. The lowest BCUT2D eigenvalue weighted by Gasteiger charge is -2.24. The summed E-state index contributed by atoms with van der Waals surface area (Å²) in [5.41, 5.74) is 2.06. The number of amides is 1. The SMILES string of the molecule is Cc1cc(CNCCCN(C)C(=O)OC(C)(C)C)ccc1Br. The molecule has 0 bridgehead atoms. The Labute approximate surface area is 142 Å². The third-order valence-electron chi connectivity index (χ3n) is 3.10. The van der Waals surface area contributed by atoms with E-state index >= 15 is 0 Å². The van der Waals surface area contributed by atoms with Crippen molar-refractivity contribution in [2.24, 2.45) is 0 Å². The Morgan fingerprint density at radius 1 is 1.36 bits per heavy atom. The summed E-state index contributed by atoms with van der Waals surface area (Å²) < 4.78 is 6.45. The third kappa shape index (κ3) is 7.27. The summed E-state index contributed by atoms with van der Waals surface area (Å²) in [7, 11) is 1.77. The van der Waals surface area contributed by atoms with Crippen molar-refractivity contribution in [3.05, 3.63) is 33.8 Å². The van der Waals surface area contributed by atoms with Crippen molar-refractivity contribution in [2.45, 2.75) is 46.3 Å². The second-order valence-electron chi connectivity index (χ2n) is 6.52. The van der Waals surface area contributed by atoms with Crippen LogP contribution in [0.1, 0.15) is 38.3 Å². The number of hydrogen-bond acceptors (Lipinski definition) is 3. The van der Waals surface area contributed by atoms with Crippen LogP contribution in [-0.2, 0) is 11.3 Å². The van der Waals surface area contributed by atoms with E-state index in [0.29, 0.717) is 6.54 Å². The predicted octanol–water partition coefficient (Wildman–Crippen LogP) is 4.10. The average Bonchev–Trinajstić information content (AvgIpc) is 2.40. The number of carbonyl (C=O) groups excluding carboxylic acids is 1. The van der Waals surface area contributed by atoms with Gasteiger partial charge in [0.05, 0.1) is 0 Å². The molecular weight excluding hydrogens is 344 g/mol. The van der Waals surface area contributed by atoms with Crippen LogP contribution in [0.3, 0.4) is 0 Å². The molecule has 124 valence electrons. The van der Waals surface area contributed by atoms with Crippen LogP contribution < -0.4 is 5.32 Å². The fourth-order valence-electron chi connectivity index (χ4n) is 1.92. The van der Waals surface area contributed by atoms with E-state index in [1.807, 2.05) is 20.8 Å². The highest BCUT2D eigenvalue weighted by molar-refractivity contribution is 9.10. The molecule has 0 saturated carbocycles. The Morgan fingerprint density at radius 2 is 2.05 bits per heavy atom. The van der Waals surface area contributed by atoms with Gasteiger partial charge in [0, 0.05) is 24.6 Å². The predicted molar refractivity (Wildman–Crippen MR) is 94.1 cm³/mol. The molecule has 22 heavy (non-hydrogen) atoms. The number of rotatable bonds is 6. The Kier molecular flexibility index (Phi) is 7.36. The van der Waals surface area contributed by atoms with E-state index in [2.05, 4.69) is 46.4 Å². The van der Waals surface area contributed by atoms with Gasteiger partial charge in [-0.05, 0) is 57.9 Å². The molecular formula is C17H27BrN2O2. The first-order chi connectivity index (χ1) is 10.2. The standard InChI is InChI=1S/C17H27BrN2O2/c1-13-11-14(7-8-15(13)18)12-19-9-6-10-20(5)16(21)22-17(2,3)4/h7-8,11,19H,6,9-10,12H2,1-5H3. The third-order valence-corrected chi connectivity index (χ3v) is 3.99. The zero-order valence-corrected chi connectivity index (χ0v) is 15.8. The molecule has 0 atom stereocenters. The highest BCUT2D eigenvalue weighted by Crippen LogP contribution is 2.16. The lowest BCUT2D eigenvalue weighted by Crippen LogP contribution is -2.35. The minimum absolute atomic E-state index is 0.268. The van der Waals surface area contributed by atoms with Gasteiger partial charge in [-0.15, -0.1) is 0 Å². The van der Waals surface area contributed by atoms with Gasteiger partial charge in [-0.25, -0.2) is 4.79 Å². The molecule has 1 aromatic carbocycles. The molecule has 0 aliphatic carbocycles. The molecule has 4 nitrogen and oxygen atoms in total. The monoisotopic (exact) mass is 370 g/mol. The Morgan fingerprint density at radius 3 is 2.64 bits per heavy atom.